The summed E-state index contributed by atoms with van der Waals surface area (Å²) in [6.45, 7) is 5.60. The number of aliphatic hydroxyl groups excluding tert-OH is 1. The Hall–Kier alpha value is -0.610. The number of nitrogens with zero attached hydrogens (tertiary/aromatic N) is 1. The van der Waals surface area contributed by atoms with Gasteiger partial charge in [0.05, 0.1) is 13.2 Å². The van der Waals surface area contributed by atoms with Crippen molar-refractivity contribution < 1.29 is 9.90 Å². The fraction of sp³-hybridized carbons (Fsp3) is 0.923. The molecule has 1 saturated heterocycles. The van der Waals surface area contributed by atoms with Crippen molar-refractivity contribution in [3.05, 3.63) is 0 Å². The van der Waals surface area contributed by atoms with Gasteiger partial charge in [-0.2, -0.15) is 0 Å². The maximum Gasteiger partial charge on any atom is 0.234 e. The van der Waals surface area contributed by atoms with Gasteiger partial charge in [-0.05, 0) is 26.2 Å². The molecule has 2 N–H and O–H groups in total. The van der Waals surface area contributed by atoms with Gasteiger partial charge in [-0.3, -0.25) is 9.69 Å². The maximum absolute atomic E-state index is 11.8. The smallest absolute Gasteiger partial charge is 0.234 e. The minimum atomic E-state index is 0.0886. The second kappa shape index (κ2) is 7.67. The molecule has 0 aliphatic carbocycles. The van der Waals surface area contributed by atoms with Crippen molar-refractivity contribution in [3.8, 4) is 0 Å². The van der Waals surface area contributed by atoms with E-state index in [2.05, 4.69) is 24.1 Å². The molecule has 1 amide bonds. The van der Waals surface area contributed by atoms with Gasteiger partial charge in [0.25, 0.3) is 0 Å². The standard InChI is InChI=1S/C13H26N2O2/c1-3-4-8-14-13(17)9-15-11(2)6-5-7-12(15)10-16/h11-12,16H,3-10H2,1-2H3,(H,14,17). The van der Waals surface area contributed by atoms with Crippen LogP contribution in [0.15, 0.2) is 0 Å². The minimum Gasteiger partial charge on any atom is -0.395 e. The topological polar surface area (TPSA) is 52.6 Å². The third-order valence-corrected chi connectivity index (χ3v) is 3.58. The Morgan fingerprint density at radius 1 is 1.47 bits per heavy atom. The number of nitrogens with one attached hydrogen (secondary N) is 1. The number of amides is 1. The summed E-state index contributed by atoms with van der Waals surface area (Å²) in [7, 11) is 0. The van der Waals surface area contributed by atoms with Gasteiger partial charge in [-0.15, -0.1) is 0 Å². The van der Waals surface area contributed by atoms with Crippen molar-refractivity contribution >= 4 is 5.91 Å². The van der Waals surface area contributed by atoms with Gasteiger partial charge in [0.1, 0.15) is 0 Å². The largest absolute Gasteiger partial charge is 0.395 e. The van der Waals surface area contributed by atoms with Crippen LogP contribution in [0.4, 0.5) is 0 Å². The molecular formula is C13H26N2O2. The first-order valence-electron chi connectivity index (χ1n) is 6.82. The number of carbonyl (C=O) groups excluding carboxylic acids is 1. The van der Waals surface area contributed by atoms with E-state index in [1.165, 1.54) is 0 Å². The molecule has 100 valence electrons. The van der Waals surface area contributed by atoms with E-state index in [1.807, 2.05) is 0 Å². The van der Waals surface area contributed by atoms with E-state index in [0.717, 1.165) is 38.6 Å². The molecule has 4 nitrogen and oxygen atoms in total. The predicted octanol–water partition coefficient (Wildman–Crippen LogP) is 1.14. The lowest BCUT2D eigenvalue weighted by Gasteiger charge is -2.39. The van der Waals surface area contributed by atoms with Gasteiger partial charge >= 0.3 is 0 Å². The predicted molar refractivity (Wildman–Crippen MR) is 68.8 cm³/mol. The quantitative estimate of drug-likeness (QED) is 0.687. The number of hydrogen-bond acceptors (Lipinski definition) is 3. The Morgan fingerprint density at radius 2 is 2.24 bits per heavy atom. The molecular weight excluding hydrogens is 216 g/mol. The summed E-state index contributed by atoms with van der Waals surface area (Å²) in [6.07, 6.45) is 5.41. The lowest BCUT2D eigenvalue weighted by Crippen LogP contribution is -2.51. The molecule has 2 atom stereocenters. The highest BCUT2D eigenvalue weighted by atomic mass is 16.3. The van der Waals surface area contributed by atoms with Crippen LogP contribution in [0.25, 0.3) is 0 Å². The van der Waals surface area contributed by atoms with Gasteiger partial charge in [0, 0.05) is 18.6 Å². The van der Waals surface area contributed by atoms with Crippen LogP contribution in [0.3, 0.4) is 0 Å². The summed E-state index contributed by atoms with van der Waals surface area (Å²) in [4.78, 5) is 13.9. The number of piperidine rings is 1. The first-order chi connectivity index (χ1) is 8.19. The van der Waals surface area contributed by atoms with Crippen LogP contribution in [0, 0.1) is 0 Å². The number of hydrogen-bond donors (Lipinski definition) is 2. The first-order valence-corrected chi connectivity index (χ1v) is 6.82. The molecule has 17 heavy (non-hydrogen) atoms. The van der Waals surface area contributed by atoms with E-state index in [-0.39, 0.29) is 18.6 Å². The van der Waals surface area contributed by atoms with Crippen molar-refractivity contribution in [2.24, 2.45) is 0 Å². The van der Waals surface area contributed by atoms with Gasteiger partial charge in [0.2, 0.25) is 5.91 Å². The second-order valence-electron chi connectivity index (χ2n) is 4.99. The Bertz CT molecular complexity index is 233. The monoisotopic (exact) mass is 242 g/mol. The van der Waals surface area contributed by atoms with Crippen LogP contribution in [0.1, 0.15) is 46.0 Å². The number of rotatable bonds is 6. The summed E-state index contributed by atoms with van der Waals surface area (Å²) in [5.74, 6) is 0.0886. The van der Waals surface area contributed by atoms with Crippen LogP contribution in [-0.4, -0.2) is 47.7 Å². The van der Waals surface area contributed by atoms with Crippen LogP contribution in [0.2, 0.25) is 0 Å². The highest BCUT2D eigenvalue weighted by molar-refractivity contribution is 5.78. The van der Waals surface area contributed by atoms with Crippen molar-refractivity contribution in [2.45, 2.75) is 58.0 Å². The Kier molecular flexibility index (Phi) is 6.52. The zero-order valence-corrected chi connectivity index (χ0v) is 11.1. The van der Waals surface area contributed by atoms with Gasteiger partial charge in [-0.25, -0.2) is 0 Å². The molecule has 4 heteroatoms. The summed E-state index contributed by atoms with van der Waals surface area (Å²) in [6, 6.07) is 0.563. The van der Waals surface area contributed by atoms with Crippen LogP contribution < -0.4 is 5.32 Å². The molecule has 1 aliphatic rings. The first kappa shape index (κ1) is 14.5. The Morgan fingerprint density at radius 3 is 2.88 bits per heavy atom. The van der Waals surface area contributed by atoms with Crippen molar-refractivity contribution in [1.82, 2.24) is 10.2 Å². The van der Waals surface area contributed by atoms with E-state index in [0.29, 0.717) is 12.6 Å². The molecule has 0 bridgehead atoms. The van der Waals surface area contributed by atoms with E-state index in [9.17, 15) is 9.90 Å². The third-order valence-electron chi connectivity index (χ3n) is 3.58. The molecule has 0 spiro atoms. The van der Waals surface area contributed by atoms with E-state index >= 15 is 0 Å². The van der Waals surface area contributed by atoms with Crippen molar-refractivity contribution in [2.75, 3.05) is 19.7 Å². The van der Waals surface area contributed by atoms with Crippen LogP contribution in [-0.2, 0) is 4.79 Å². The number of aliphatic hydroxyl groups is 1. The lowest BCUT2D eigenvalue weighted by molar-refractivity contribution is -0.124. The SMILES string of the molecule is CCCCNC(=O)CN1C(C)CCCC1CO. The molecule has 1 fully saturated rings. The third kappa shape index (κ3) is 4.64. The lowest BCUT2D eigenvalue weighted by atomic mass is 9.97. The summed E-state index contributed by atoms with van der Waals surface area (Å²) in [5.41, 5.74) is 0. The molecule has 0 saturated carbocycles. The molecule has 0 aromatic carbocycles. The highest BCUT2D eigenvalue weighted by Crippen LogP contribution is 2.21. The molecule has 0 aromatic heterocycles. The number of unbranched alkanes of at least 4 members (excludes halogenated alkanes) is 1. The molecule has 1 aliphatic heterocycles. The summed E-state index contributed by atoms with van der Waals surface area (Å²) in [5, 5.41) is 12.3. The Labute approximate surface area is 104 Å². The molecule has 0 radical (unpaired) electrons. The van der Waals surface area contributed by atoms with E-state index < -0.39 is 0 Å². The fourth-order valence-electron chi connectivity index (χ4n) is 2.45. The normalized spacial score (nSPS) is 25.8. The van der Waals surface area contributed by atoms with Gasteiger partial charge in [-0.1, -0.05) is 19.8 Å². The molecule has 1 rings (SSSR count). The molecule has 0 aromatic rings. The van der Waals surface area contributed by atoms with E-state index in [4.69, 9.17) is 0 Å². The number of carbonyl (C=O) groups is 1. The zero-order chi connectivity index (χ0) is 12.7. The van der Waals surface area contributed by atoms with E-state index in [1.54, 1.807) is 0 Å². The zero-order valence-electron chi connectivity index (χ0n) is 11.1. The second-order valence-corrected chi connectivity index (χ2v) is 4.99. The Balaban J connectivity index is 2.37. The minimum absolute atomic E-state index is 0.0886. The average Bonchev–Trinajstić information content (AvgIpc) is 2.32. The highest BCUT2D eigenvalue weighted by Gasteiger charge is 2.28. The average molecular weight is 242 g/mol. The molecule has 2 unspecified atom stereocenters. The van der Waals surface area contributed by atoms with Crippen LogP contribution >= 0.6 is 0 Å². The summed E-state index contributed by atoms with van der Waals surface area (Å²) < 4.78 is 0. The van der Waals surface area contributed by atoms with Crippen molar-refractivity contribution in [3.63, 3.8) is 0 Å². The summed E-state index contributed by atoms with van der Waals surface area (Å²) >= 11 is 0. The maximum atomic E-state index is 11.8. The van der Waals surface area contributed by atoms with Crippen molar-refractivity contribution in [1.29, 1.82) is 0 Å². The number of likely N-dealkylation sites (tertiary alicyclic amines) is 1. The van der Waals surface area contributed by atoms with Crippen LogP contribution in [0.5, 0.6) is 0 Å². The van der Waals surface area contributed by atoms with Gasteiger partial charge < -0.3 is 10.4 Å². The molecule has 1 heterocycles. The fourth-order valence-corrected chi connectivity index (χ4v) is 2.45. The van der Waals surface area contributed by atoms with Gasteiger partial charge in [0.15, 0.2) is 0 Å².